The van der Waals surface area contributed by atoms with Crippen LogP contribution in [-0.4, -0.2) is 8.80 Å². The van der Waals surface area contributed by atoms with Gasteiger partial charge in [0.15, 0.2) is 0 Å². The van der Waals surface area contributed by atoms with Gasteiger partial charge in [-0.3, -0.25) is 0 Å². The molecule has 0 heterocycles. The number of allylic oxidation sites excluding steroid dienone is 1. The Hall–Kier alpha value is -1.60. The van der Waals surface area contributed by atoms with Crippen LogP contribution in [0.3, 0.4) is 0 Å². The van der Waals surface area contributed by atoms with E-state index in [4.69, 9.17) is 0 Å². The average molecular weight is 430 g/mol. The molecular weight excluding hydrogens is 388 g/mol. The number of hydrogen-bond acceptors (Lipinski definition) is 0. The smallest absolute Gasteiger partial charge is 0.0552 e. The third-order valence-corrected chi connectivity index (χ3v) is 9.87. The van der Waals surface area contributed by atoms with Gasteiger partial charge in [-0.15, -0.1) is 0 Å². The summed E-state index contributed by atoms with van der Waals surface area (Å²) in [6.07, 6.45) is 12.4. The minimum absolute atomic E-state index is 0.200. The van der Waals surface area contributed by atoms with E-state index in [9.17, 15) is 0 Å². The van der Waals surface area contributed by atoms with Crippen LogP contribution in [0.4, 0.5) is 0 Å². The summed E-state index contributed by atoms with van der Waals surface area (Å²) in [5.74, 6) is 0. The standard InChI is InChI=1S/C30H41Si/c1-7-30(18-9-8-10-19-30)21-23-20-27-25(12-11-13-26(27)28(23)31(5)6)22-14-16-24(17-15-22)29(2,3)4/h11-17,20,28H,7-10,18-19,21H2,1-6H3. The zero-order chi connectivity index (χ0) is 22.2. The van der Waals surface area contributed by atoms with E-state index in [2.05, 4.69) is 89.3 Å². The minimum Gasteiger partial charge on any atom is -0.0705 e. The molecular formula is C30H41Si. The predicted molar refractivity (Wildman–Crippen MR) is 139 cm³/mol. The van der Waals surface area contributed by atoms with E-state index in [1.54, 1.807) is 11.1 Å². The van der Waals surface area contributed by atoms with Crippen molar-refractivity contribution < 1.29 is 0 Å². The molecule has 1 saturated carbocycles. The second-order valence-corrected chi connectivity index (χ2v) is 14.2. The highest BCUT2D eigenvalue weighted by Gasteiger charge is 2.37. The molecule has 0 amide bonds. The molecule has 2 aromatic rings. The van der Waals surface area contributed by atoms with Gasteiger partial charge in [0.05, 0.1) is 8.80 Å². The zero-order valence-electron chi connectivity index (χ0n) is 20.6. The molecule has 1 unspecified atom stereocenters. The second-order valence-electron chi connectivity index (χ2n) is 11.5. The summed E-state index contributed by atoms with van der Waals surface area (Å²) in [5.41, 5.74) is 10.5. The number of fused-ring (bicyclic) bond motifs is 1. The molecule has 2 aliphatic rings. The lowest BCUT2D eigenvalue weighted by Crippen LogP contribution is -2.26. The van der Waals surface area contributed by atoms with E-state index in [-0.39, 0.29) is 5.41 Å². The second kappa shape index (κ2) is 8.74. The van der Waals surface area contributed by atoms with Gasteiger partial charge >= 0.3 is 0 Å². The lowest BCUT2D eigenvalue weighted by Gasteiger charge is -2.38. The zero-order valence-corrected chi connectivity index (χ0v) is 21.6. The molecule has 4 rings (SSSR count). The van der Waals surface area contributed by atoms with Crippen LogP contribution in [0.25, 0.3) is 17.2 Å². The summed E-state index contributed by atoms with van der Waals surface area (Å²) in [4.78, 5) is 0. The summed E-state index contributed by atoms with van der Waals surface area (Å²) in [6.45, 7) is 14.4. The molecule has 1 atom stereocenters. The van der Waals surface area contributed by atoms with Crippen molar-refractivity contribution in [2.75, 3.05) is 0 Å². The van der Waals surface area contributed by atoms with Gasteiger partial charge in [-0.1, -0.05) is 121 Å². The van der Waals surface area contributed by atoms with Crippen molar-refractivity contribution >= 4 is 14.9 Å². The van der Waals surface area contributed by atoms with Crippen LogP contribution >= 0.6 is 0 Å². The minimum atomic E-state index is -0.449. The Morgan fingerprint density at radius 3 is 2.19 bits per heavy atom. The fourth-order valence-electron chi connectivity index (χ4n) is 6.09. The number of benzene rings is 2. The van der Waals surface area contributed by atoms with Gasteiger partial charge in [0, 0.05) is 0 Å². The van der Waals surface area contributed by atoms with Crippen molar-refractivity contribution in [2.45, 2.75) is 96.7 Å². The molecule has 0 aromatic heterocycles. The maximum atomic E-state index is 2.62. The van der Waals surface area contributed by atoms with E-state index < -0.39 is 8.80 Å². The highest BCUT2D eigenvalue weighted by Crippen LogP contribution is 2.51. The van der Waals surface area contributed by atoms with E-state index in [1.807, 2.05) is 0 Å². The highest BCUT2D eigenvalue weighted by molar-refractivity contribution is 6.58. The van der Waals surface area contributed by atoms with E-state index in [0.717, 1.165) is 0 Å². The summed E-state index contributed by atoms with van der Waals surface area (Å²) >= 11 is 0. The molecule has 1 radical (unpaired) electrons. The molecule has 0 saturated heterocycles. The number of rotatable bonds is 5. The Labute approximate surface area is 192 Å². The molecule has 165 valence electrons. The first-order chi connectivity index (χ1) is 14.7. The van der Waals surface area contributed by atoms with Crippen molar-refractivity contribution in [3.8, 4) is 11.1 Å². The van der Waals surface area contributed by atoms with Gasteiger partial charge in [0.2, 0.25) is 0 Å². The first-order valence-corrected chi connectivity index (χ1v) is 15.1. The molecule has 1 fully saturated rings. The normalized spacial score (nSPS) is 20.6. The van der Waals surface area contributed by atoms with Crippen molar-refractivity contribution in [1.29, 1.82) is 0 Å². The van der Waals surface area contributed by atoms with E-state index in [1.165, 1.54) is 67.2 Å². The van der Waals surface area contributed by atoms with Crippen molar-refractivity contribution in [3.63, 3.8) is 0 Å². The fourth-order valence-corrected chi connectivity index (χ4v) is 7.89. The maximum Gasteiger partial charge on any atom is 0.0552 e. The van der Waals surface area contributed by atoms with Crippen LogP contribution in [0.15, 0.2) is 48.0 Å². The molecule has 31 heavy (non-hydrogen) atoms. The Balaban J connectivity index is 1.73. The Kier molecular flexibility index (Phi) is 6.36. The predicted octanol–water partition coefficient (Wildman–Crippen LogP) is 9.18. The molecule has 2 aliphatic carbocycles. The molecule has 0 N–H and O–H groups in total. The third kappa shape index (κ3) is 4.49. The van der Waals surface area contributed by atoms with Crippen LogP contribution in [0.2, 0.25) is 13.1 Å². The van der Waals surface area contributed by atoms with Crippen molar-refractivity contribution in [3.05, 3.63) is 64.7 Å². The largest absolute Gasteiger partial charge is 0.0705 e. The third-order valence-electron chi connectivity index (χ3n) is 8.03. The average Bonchev–Trinajstić information content (AvgIpc) is 3.11. The summed E-state index contributed by atoms with van der Waals surface area (Å²) in [7, 11) is -0.449. The Morgan fingerprint density at radius 1 is 0.935 bits per heavy atom. The maximum absolute atomic E-state index is 2.62. The van der Waals surface area contributed by atoms with Crippen LogP contribution in [0, 0.1) is 5.41 Å². The Bertz CT molecular complexity index is 933. The van der Waals surface area contributed by atoms with Crippen molar-refractivity contribution in [2.24, 2.45) is 5.41 Å². The van der Waals surface area contributed by atoms with Crippen LogP contribution < -0.4 is 0 Å². The first-order valence-electron chi connectivity index (χ1n) is 12.5. The monoisotopic (exact) mass is 429 g/mol. The van der Waals surface area contributed by atoms with Crippen molar-refractivity contribution in [1.82, 2.24) is 0 Å². The van der Waals surface area contributed by atoms with Gasteiger partial charge in [-0.25, -0.2) is 0 Å². The van der Waals surface area contributed by atoms with Gasteiger partial charge < -0.3 is 0 Å². The molecule has 0 nitrogen and oxygen atoms in total. The van der Waals surface area contributed by atoms with Crippen LogP contribution in [0.5, 0.6) is 0 Å². The lowest BCUT2D eigenvalue weighted by molar-refractivity contribution is 0.178. The molecule has 0 aliphatic heterocycles. The Morgan fingerprint density at radius 2 is 1.61 bits per heavy atom. The SMILES string of the molecule is CCC1(CC2=Cc3c(-c4ccc(C(C)(C)C)cc4)cccc3C2[Si](C)C)CCCCC1. The molecule has 0 bridgehead atoms. The first kappa shape index (κ1) is 22.6. The van der Waals surface area contributed by atoms with Gasteiger partial charge in [0.1, 0.15) is 0 Å². The quantitative estimate of drug-likeness (QED) is 0.415. The van der Waals surface area contributed by atoms with Gasteiger partial charge in [-0.05, 0) is 63.5 Å². The molecule has 1 heteroatoms. The molecule has 2 aromatic carbocycles. The van der Waals surface area contributed by atoms with Crippen LogP contribution in [-0.2, 0) is 5.41 Å². The topological polar surface area (TPSA) is 0 Å². The highest BCUT2D eigenvalue weighted by atomic mass is 28.3. The lowest BCUT2D eigenvalue weighted by atomic mass is 9.68. The molecule has 0 spiro atoms. The number of hydrogen-bond donors (Lipinski definition) is 0. The fraction of sp³-hybridized carbons (Fsp3) is 0.533. The van der Waals surface area contributed by atoms with E-state index in [0.29, 0.717) is 11.0 Å². The van der Waals surface area contributed by atoms with Crippen LogP contribution in [0.1, 0.15) is 94.9 Å². The summed E-state index contributed by atoms with van der Waals surface area (Å²) < 4.78 is 0. The summed E-state index contributed by atoms with van der Waals surface area (Å²) in [6, 6.07) is 16.4. The van der Waals surface area contributed by atoms with Gasteiger partial charge in [-0.2, -0.15) is 0 Å². The van der Waals surface area contributed by atoms with Gasteiger partial charge in [0.25, 0.3) is 0 Å². The summed E-state index contributed by atoms with van der Waals surface area (Å²) in [5, 5.41) is 0. The van der Waals surface area contributed by atoms with E-state index >= 15 is 0 Å².